The van der Waals surface area contributed by atoms with Crippen LogP contribution in [0.3, 0.4) is 0 Å². The standard InChI is InChI=1S/C17H15N3OS/c21-17(19-12-13-5-2-1-3-6-13)20-15-8-4-7-14(11-15)16-18-9-10-22-16/h1-11H,12H2,(H2,19,20,21). The second-order valence-electron chi connectivity index (χ2n) is 4.71. The van der Waals surface area contributed by atoms with Gasteiger partial charge >= 0.3 is 6.03 Å². The molecule has 0 unspecified atom stereocenters. The lowest BCUT2D eigenvalue weighted by Crippen LogP contribution is -2.28. The van der Waals surface area contributed by atoms with Gasteiger partial charge < -0.3 is 10.6 Å². The Morgan fingerprint density at radius 1 is 1.09 bits per heavy atom. The fourth-order valence-corrected chi connectivity index (χ4v) is 2.68. The fourth-order valence-electron chi connectivity index (χ4n) is 2.05. The van der Waals surface area contributed by atoms with Gasteiger partial charge in [-0.05, 0) is 17.7 Å². The smallest absolute Gasteiger partial charge is 0.319 e. The van der Waals surface area contributed by atoms with Crippen LogP contribution in [-0.4, -0.2) is 11.0 Å². The Balaban J connectivity index is 1.61. The third-order valence-electron chi connectivity index (χ3n) is 3.10. The summed E-state index contributed by atoms with van der Waals surface area (Å²) in [4.78, 5) is 16.2. The molecular formula is C17H15N3OS. The van der Waals surface area contributed by atoms with Gasteiger partial charge in [0.2, 0.25) is 0 Å². The molecule has 0 radical (unpaired) electrons. The van der Waals surface area contributed by atoms with Crippen molar-refractivity contribution in [1.82, 2.24) is 10.3 Å². The molecule has 22 heavy (non-hydrogen) atoms. The highest BCUT2D eigenvalue weighted by atomic mass is 32.1. The summed E-state index contributed by atoms with van der Waals surface area (Å²) in [5.41, 5.74) is 2.81. The van der Waals surface area contributed by atoms with Gasteiger partial charge in [-0.25, -0.2) is 9.78 Å². The van der Waals surface area contributed by atoms with Crippen molar-refractivity contribution in [3.63, 3.8) is 0 Å². The average molecular weight is 309 g/mol. The van der Waals surface area contributed by atoms with Gasteiger partial charge in [0.15, 0.2) is 0 Å². The Morgan fingerprint density at radius 3 is 2.73 bits per heavy atom. The fraction of sp³-hybridized carbons (Fsp3) is 0.0588. The number of anilines is 1. The molecule has 3 rings (SSSR count). The number of hydrogen-bond donors (Lipinski definition) is 2. The highest BCUT2D eigenvalue weighted by Gasteiger charge is 2.04. The lowest BCUT2D eigenvalue weighted by Gasteiger charge is -2.08. The predicted octanol–water partition coefficient (Wildman–Crippen LogP) is 4.13. The number of carbonyl (C=O) groups is 1. The molecule has 0 fully saturated rings. The summed E-state index contributed by atoms with van der Waals surface area (Å²) >= 11 is 1.57. The van der Waals surface area contributed by atoms with Crippen LogP contribution in [0.2, 0.25) is 0 Å². The lowest BCUT2D eigenvalue weighted by molar-refractivity contribution is 0.251. The highest BCUT2D eigenvalue weighted by Crippen LogP contribution is 2.24. The summed E-state index contributed by atoms with van der Waals surface area (Å²) < 4.78 is 0. The number of hydrogen-bond acceptors (Lipinski definition) is 3. The zero-order valence-electron chi connectivity index (χ0n) is 11.8. The maximum absolute atomic E-state index is 11.9. The van der Waals surface area contributed by atoms with Gasteiger partial charge in [-0.15, -0.1) is 11.3 Å². The third-order valence-corrected chi connectivity index (χ3v) is 3.92. The Kier molecular flexibility index (Phi) is 4.46. The van der Waals surface area contributed by atoms with Crippen LogP contribution in [-0.2, 0) is 6.54 Å². The first kappa shape index (κ1) is 14.3. The Labute approximate surface area is 132 Å². The van der Waals surface area contributed by atoms with Crippen LogP contribution in [0.5, 0.6) is 0 Å². The van der Waals surface area contributed by atoms with Crippen molar-refractivity contribution in [2.45, 2.75) is 6.54 Å². The molecule has 3 aromatic rings. The Hall–Kier alpha value is -2.66. The van der Waals surface area contributed by atoms with E-state index in [1.807, 2.05) is 60.0 Å². The molecule has 0 aliphatic rings. The molecule has 2 aromatic carbocycles. The summed E-state index contributed by atoms with van der Waals surface area (Å²) in [5.74, 6) is 0. The lowest BCUT2D eigenvalue weighted by atomic mass is 10.2. The number of benzene rings is 2. The van der Waals surface area contributed by atoms with Crippen molar-refractivity contribution < 1.29 is 4.79 Å². The quantitative estimate of drug-likeness (QED) is 0.761. The summed E-state index contributed by atoms with van der Waals surface area (Å²) in [7, 11) is 0. The van der Waals surface area contributed by atoms with E-state index in [1.165, 1.54) is 0 Å². The number of aromatic nitrogens is 1. The monoisotopic (exact) mass is 309 g/mol. The molecule has 2 N–H and O–H groups in total. The number of rotatable bonds is 4. The van der Waals surface area contributed by atoms with Crippen molar-refractivity contribution in [3.8, 4) is 10.6 Å². The van der Waals surface area contributed by atoms with Gasteiger partial charge in [-0.2, -0.15) is 0 Å². The maximum atomic E-state index is 11.9. The van der Waals surface area contributed by atoms with Crippen LogP contribution in [0.4, 0.5) is 10.5 Å². The normalized spacial score (nSPS) is 10.2. The predicted molar refractivity (Wildman–Crippen MR) is 89.9 cm³/mol. The summed E-state index contributed by atoms with van der Waals surface area (Å²) in [5, 5.41) is 8.55. The molecule has 0 aliphatic heterocycles. The van der Waals surface area contributed by atoms with E-state index in [0.29, 0.717) is 6.54 Å². The minimum absolute atomic E-state index is 0.222. The van der Waals surface area contributed by atoms with Crippen molar-refractivity contribution in [2.75, 3.05) is 5.32 Å². The van der Waals surface area contributed by atoms with Gasteiger partial charge in [-0.1, -0.05) is 42.5 Å². The topological polar surface area (TPSA) is 54.0 Å². The number of carbonyl (C=O) groups excluding carboxylic acids is 1. The van der Waals surface area contributed by atoms with Crippen LogP contribution in [0.15, 0.2) is 66.2 Å². The Morgan fingerprint density at radius 2 is 1.95 bits per heavy atom. The molecule has 4 nitrogen and oxygen atoms in total. The van der Waals surface area contributed by atoms with E-state index in [9.17, 15) is 4.79 Å². The van der Waals surface area contributed by atoms with Gasteiger partial charge in [0.1, 0.15) is 5.01 Å². The van der Waals surface area contributed by atoms with Crippen LogP contribution >= 0.6 is 11.3 Å². The van der Waals surface area contributed by atoms with Crippen molar-refractivity contribution >= 4 is 23.1 Å². The zero-order valence-corrected chi connectivity index (χ0v) is 12.6. The number of nitrogens with zero attached hydrogens (tertiary/aromatic N) is 1. The van der Waals surface area contributed by atoms with Gasteiger partial charge in [0, 0.05) is 29.4 Å². The Bertz CT molecular complexity index is 742. The highest BCUT2D eigenvalue weighted by molar-refractivity contribution is 7.13. The molecule has 0 spiro atoms. The molecule has 110 valence electrons. The molecule has 0 saturated carbocycles. The summed E-state index contributed by atoms with van der Waals surface area (Å²) in [6.07, 6.45) is 1.77. The summed E-state index contributed by atoms with van der Waals surface area (Å²) in [6.45, 7) is 0.499. The second-order valence-corrected chi connectivity index (χ2v) is 5.61. The number of nitrogens with one attached hydrogen (secondary N) is 2. The molecular weight excluding hydrogens is 294 g/mol. The molecule has 1 aromatic heterocycles. The van der Waals surface area contributed by atoms with E-state index >= 15 is 0 Å². The van der Waals surface area contributed by atoms with Crippen LogP contribution in [0.1, 0.15) is 5.56 Å². The zero-order chi connectivity index (χ0) is 15.2. The van der Waals surface area contributed by atoms with Gasteiger partial charge in [0.25, 0.3) is 0 Å². The van der Waals surface area contributed by atoms with E-state index in [-0.39, 0.29) is 6.03 Å². The SMILES string of the molecule is O=C(NCc1ccccc1)Nc1cccc(-c2nccs2)c1. The number of thiazole rings is 1. The van der Waals surface area contributed by atoms with E-state index < -0.39 is 0 Å². The first-order chi connectivity index (χ1) is 10.8. The first-order valence-electron chi connectivity index (χ1n) is 6.90. The number of urea groups is 1. The summed E-state index contributed by atoms with van der Waals surface area (Å²) in [6, 6.07) is 17.2. The van der Waals surface area contributed by atoms with Crippen molar-refractivity contribution in [2.24, 2.45) is 0 Å². The third kappa shape index (κ3) is 3.71. The van der Waals surface area contributed by atoms with E-state index in [1.54, 1.807) is 17.5 Å². The van der Waals surface area contributed by atoms with Crippen LogP contribution < -0.4 is 10.6 Å². The molecule has 1 heterocycles. The van der Waals surface area contributed by atoms with E-state index in [4.69, 9.17) is 0 Å². The van der Waals surface area contributed by atoms with E-state index in [0.717, 1.165) is 21.8 Å². The molecule has 0 saturated heterocycles. The van der Waals surface area contributed by atoms with Gasteiger partial charge in [0.05, 0.1) is 0 Å². The molecule has 0 atom stereocenters. The van der Waals surface area contributed by atoms with E-state index in [2.05, 4.69) is 15.6 Å². The molecule has 5 heteroatoms. The minimum Gasteiger partial charge on any atom is -0.334 e. The van der Waals surface area contributed by atoms with Crippen molar-refractivity contribution in [3.05, 3.63) is 71.7 Å². The molecule has 0 aliphatic carbocycles. The number of amides is 2. The van der Waals surface area contributed by atoms with Gasteiger partial charge in [-0.3, -0.25) is 0 Å². The molecule has 2 amide bonds. The average Bonchev–Trinajstić information content (AvgIpc) is 3.09. The van der Waals surface area contributed by atoms with Crippen LogP contribution in [0.25, 0.3) is 10.6 Å². The molecule has 0 bridgehead atoms. The van der Waals surface area contributed by atoms with Crippen LogP contribution in [0, 0.1) is 0 Å². The maximum Gasteiger partial charge on any atom is 0.319 e. The minimum atomic E-state index is -0.222. The second kappa shape index (κ2) is 6.87. The van der Waals surface area contributed by atoms with Crippen molar-refractivity contribution in [1.29, 1.82) is 0 Å². The first-order valence-corrected chi connectivity index (χ1v) is 7.78. The largest absolute Gasteiger partial charge is 0.334 e.